The number of carboxylic acids is 1. The second kappa shape index (κ2) is 5.53. The summed E-state index contributed by atoms with van der Waals surface area (Å²) in [6, 6.07) is 0. The average Bonchev–Trinajstić information content (AvgIpc) is 2.47. The van der Waals surface area contributed by atoms with Gasteiger partial charge in [-0.1, -0.05) is 19.4 Å². The van der Waals surface area contributed by atoms with Crippen molar-refractivity contribution in [2.45, 2.75) is 26.2 Å². The number of amides is 1. The van der Waals surface area contributed by atoms with Crippen molar-refractivity contribution < 1.29 is 14.7 Å². The molecule has 0 spiro atoms. The highest BCUT2D eigenvalue weighted by Gasteiger charge is 2.27. The molecule has 1 heterocycles. The van der Waals surface area contributed by atoms with Crippen molar-refractivity contribution >= 4 is 11.9 Å². The van der Waals surface area contributed by atoms with Crippen LogP contribution in [0.3, 0.4) is 0 Å². The number of carboxylic acid groups (broad SMARTS) is 1. The van der Waals surface area contributed by atoms with Crippen molar-refractivity contribution in [2.24, 2.45) is 5.92 Å². The minimum Gasteiger partial charge on any atom is -0.478 e. The standard InChI is InChI=1S/C11H17NO3/c1-2-4-9-7-10(13)12(8-9)6-3-5-11(14)15/h3,5,9H,2,4,6-8H2,1H3,(H,14,15)/b5-3+. The Bertz CT molecular complexity index is 273. The highest BCUT2D eigenvalue weighted by molar-refractivity contribution is 5.81. The Morgan fingerprint density at radius 1 is 1.67 bits per heavy atom. The largest absolute Gasteiger partial charge is 0.478 e. The first-order valence-corrected chi connectivity index (χ1v) is 5.30. The highest BCUT2D eigenvalue weighted by atomic mass is 16.4. The van der Waals surface area contributed by atoms with Gasteiger partial charge in [0.25, 0.3) is 0 Å². The lowest BCUT2D eigenvalue weighted by Crippen LogP contribution is -2.25. The van der Waals surface area contributed by atoms with Crippen molar-refractivity contribution in [1.82, 2.24) is 4.90 Å². The van der Waals surface area contributed by atoms with Crippen LogP contribution in [0.4, 0.5) is 0 Å². The van der Waals surface area contributed by atoms with E-state index in [1.807, 2.05) is 0 Å². The van der Waals surface area contributed by atoms with E-state index in [1.54, 1.807) is 4.90 Å². The van der Waals surface area contributed by atoms with Gasteiger partial charge in [-0.25, -0.2) is 4.79 Å². The summed E-state index contributed by atoms with van der Waals surface area (Å²) >= 11 is 0. The van der Waals surface area contributed by atoms with Crippen LogP contribution in [-0.4, -0.2) is 35.0 Å². The normalized spacial score (nSPS) is 21.5. The molecule has 1 unspecified atom stereocenters. The van der Waals surface area contributed by atoms with Gasteiger partial charge in [0.2, 0.25) is 5.91 Å². The molecule has 1 amide bonds. The number of hydrogen-bond acceptors (Lipinski definition) is 2. The molecule has 1 atom stereocenters. The third-order valence-electron chi connectivity index (χ3n) is 2.58. The predicted octanol–water partition coefficient (Wildman–Crippen LogP) is 1.28. The van der Waals surface area contributed by atoms with E-state index in [0.717, 1.165) is 25.5 Å². The molecule has 15 heavy (non-hydrogen) atoms. The van der Waals surface area contributed by atoms with Gasteiger partial charge in [0.15, 0.2) is 0 Å². The van der Waals surface area contributed by atoms with Gasteiger partial charge >= 0.3 is 5.97 Å². The quantitative estimate of drug-likeness (QED) is 0.697. The lowest BCUT2D eigenvalue weighted by Gasteiger charge is -2.13. The van der Waals surface area contributed by atoms with Crippen molar-refractivity contribution in [2.75, 3.05) is 13.1 Å². The van der Waals surface area contributed by atoms with Crippen LogP contribution >= 0.6 is 0 Å². The predicted molar refractivity (Wildman–Crippen MR) is 56.4 cm³/mol. The molecular weight excluding hydrogens is 194 g/mol. The molecule has 1 saturated heterocycles. The molecule has 1 aliphatic heterocycles. The second-order valence-electron chi connectivity index (χ2n) is 3.90. The van der Waals surface area contributed by atoms with E-state index in [4.69, 9.17) is 5.11 Å². The fraction of sp³-hybridized carbons (Fsp3) is 0.636. The van der Waals surface area contributed by atoms with Crippen LogP contribution < -0.4 is 0 Å². The van der Waals surface area contributed by atoms with Crippen LogP contribution in [0.5, 0.6) is 0 Å². The molecular formula is C11H17NO3. The Labute approximate surface area is 89.6 Å². The summed E-state index contributed by atoms with van der Waals surface area (Å²) in [6.45, 7) is 3.31. The lowest BCUT2D eigenvalue weighted by molar-refractivity contribution is -0.131. The third kappa shape index (κ3) is 3.73. The minimum atomic E-state index is -0.966. The van der Waals surface area contributed by atoms with Gasteiger partial charge < -0.3 is 10.0 Å². The fourth-order valence-electron chi connectivity index (χ4n) is 1.91. The summed E-state index contributed by atoms with van der Waals surface area (Å²) in [5.74, 6) is -0.365. The number of rotatable bonds is 5. The molecule has 1 N–H and O–H groups in total. The first-order valence-electron chi connectivity index (χ1n) is 5.30. The number of carbonyl (C=O) groups excluding carboxylic acids is 1. The molecule has 0 aliphatic carbocycles. The summed E-state index contributed by atoms with van der Waals surface area (Å²) in [5.41, 5.74) is 0. The van der Waals surface area contributed by atoms with Crippen molar-refractivity contribution in [3.8, 4) is 0 Å². The smallest absolute Gasteiger partial charge is 0.328 e. The van der Waals surface area contributed by atoms with Crippen LogP contribution in [0, 0.1) is 5.92 Å². The van der Waals surface area contributed by atoms with E-state index in [1.165, 1.54) is 6.08 Å². The van der Waals surface area contributed by atoms with Gasteiger partial charge in [0, 0.05) is 25.6 Å². The first-order chi connectivity index (χ1) is 7.13. The molecule has 0 aromatic carbocycles. The number of aliphatic carboxylic acids is 1. The Balaban J connectivity index is 2.37. The van der Waals surface area contributed by atoms with E-state index >= 15 is 0 Å². The van der Waals surface area contributed by atoms with E-state index < -0.39 is 5.97 Å². The Kier molecular flexibility index (Phi) is 4.34. The van der Waals surface area contributed by atoms with Gasteiger partial charge in [0.1, 0.15) is 0 Å². The molecule has 0 saturated carbocycles. The number of carbonyl (C=O) groups is 2. The van der Waals surface area contributed by atoms with E-state index in [2.05, 4.69) is 6.92 Å². The summed E-state index contributed by atoms with van der Waals surface area (Å²) in [5, 5.41) is 8.40. The summed E-state index contributed by atoms with van der Waals surface area (Å²) in [7, 11) is 0. The van der Waals surface area contributed by atoms with Crippen LogP contribution in [0.25, 0.3) is 0 Å². The van der Waals surface area contributed by atoms with Gasteiger partial charge in [-0.15, -0.1) is 0 Å². The van der Waals surface area contributed by atoms with Crippen molar-refractivity contribution in [1.29, 1.82) is 0 Å². The monoisotopic (exact) mass is 211 g/mol. The van der Waals surface area contributed by atoms with Crippen LogP contribution in [0.15, 0.2) is 12.2 Å². The van der Waals surface area contributed by atoms with E-state index in [-0.39, 0.29) is 5.91 Å². The summed E-state index contributed by atoms with van der Waals surface area (Å²) < 4.78 is 0. The van der Waals surface area contributed by atoms with Crippen molar-refractivity contribution in [3.63, 3.8) is 0 Å². The zero-order valence-corrected chi connectivity index (χ0v) is 8.98. The van der Waals surface area contributed by atoms with Crippen LogP contribution in [-0.2, 0) is 9.59 Å². The van der Waals surface area contributed by atoms with Crippen LogP contribution in [0.2, 0.25) is 0 Å². The molecule has 0 radical (unpaired) electrons. The Morgan fingerprint density at radius 3 is 3.00 bits per heavy atom. The first kappa shape index (κ1) is 11.8. The van der Waals surface area contributed by atoms with Gasteiger partial charge in [-0.05, 0) is 12.3 Å². The summed E-state index contributed by atoms with van der Waals surface area (Å²) in [4.78, 5) is 23.4. The lowest BCUT2D eigenvalue weighted by atomic mass is 10.0. The van der Waals surface area contributed by atoms with Gasteiger partial charge in [0.05, 0.1) is 0 Å². The average molecular weight is 211 g/mol. The second-order valence-corrected chi connectivity index (χ2v) is 3.90. The Hall–Kier alpha value is -1.32. The third-order valence-corrected chi connectivity index (χ3v) is 2.58. The van der Waals surface area contributed by atoms with E-state index in [9.17, 15) is 9.59 Å². The number of likely N-dealkylation sites (tertiary alicyclic amines) is 1. The number of hydrogen-bond donors (Lipinski definition) is 1. The maximum Gasteiger partial charge on any atom is 0.328 e. The maximum atomic E-state index is 11.5. The molecule has 1 aliphatic rings. The zero-order chi connectivity index (χ0) is 11.3. The molecule has 84 valence electrons. The SMILES string of the molecule is CCCC1CC(=O)N(C/C=C/C(=O)O)C1. The maximum absolute atomic E-state index is 11.5. The molecule has 0 aromatic heterocycles. The minimum absolute atomic E-state index is 0.142. The van der Waals surface area contributed by atoms with Crippen LogP contribution in [0.1, 0.15) is 26.2 Å². The van der Waals surface area contributed by atoms with Gasteiger partial charge in [-0.3, -0.25) is 4.79 Å². The molecule has 4 nitrogen and oxygen atoms in total. The molecule has 0 aromatic rings. The van der Waals surface area contributed by atoms with Crippen molar-refractivity contribution in [3.05, 3.63) is 12.2 Å². The zero-order valence-electron chi connectivity index (χ0n) is 8.98. The Morgan fingerprint density at radius 2 is 2.40 bits per heavy atom. The summed E-state index contributed by atoms with van der Waals surface area (Å²) in [6.07, 6.45) is 5.39. The highest BCUT2D eigenvalue weighted by Crippen LogP contribution is 2.21. The molecule has 0 bridgehead atoms. The molecule has 1 fully saturated rings. The topological polar surface area (TPSA) is 57.6 Å². The van der Waals surface area contributed by atoms with Gasteiger partial charge in [-0.2, -0.15) is 0 Å². The molecule has 4 heteroatoms. The van der Waals surface area contributed by atoms with E-state index in [0.29, 0.717) is 18.9 Å². The molecule has 1 rings (SSSR count). The fourth-order valence-corrected chi connectivity index (χ4v) is 1.91. The number of nitrogens with zero attached hydrogens (tertiary/aromatic N) is 1.